The zero-order chi connectivity index (χ0) is 18.1. The van der Waals surface area contributed by atoms with Crippen molar-refractivity contribution < 1.29 is 4.79 Å². The Morgan fingerprint density at radius 2 is 1.85 bits per heavy atom. The monoisotopic (exact) mass is 472 g/mol. The van der Waals surface area contributed by atoms with E-state index in [4.69, 9.17) is 4.99 Å². The van der Waals surface area contributed by atoms with Gasteiger partial charge >= 0.3 is 0 Å². The maximum absolute atomic E-state index is 11.9. The number of nitrogens with one attached hydrogen (secondary N) is 2. The van der Waals surface area contributed by atoms with Crippen molar-refractivity contribution in [3.63, 3.8) is 0 Å². The van der Waals surface area contributed by atoms with Gasteiger partial charge in [-0.2, -0.15) is 0 Å². The van der Waals surface area contributed by atoms with Crippen LogP contribution in [0.15, 0.2) is 29.3 Å². The first-order chi connectivity index (χ1) is 12.1. The Balaban J connectivity index is 0.00000338. The fourth-order valence-corrected chi connectivity index (χ4v) is 3.08. The molecule has 0 saturated heterocycles. The number of carbonyl (C=O) groups excluding carboxylic acids is 1. The van der Waals surface area contributed by atoms with E-state index in [1.54, 1.807) is 19.0 Å². The summed E-state index contributed by atoms with van der Waals surface area (Å²) < 4.78 is 0. The largest absolute Gasteiger partial charge is 0.356 e. The molecular formula is C20H33IN4O. The number of halogens is 1. The number of hydrogen-bond acceptors (Lipinski definition) is 2. The fraction of sp³-hybridized carbons (Fsp3) is 0.600. The molecule has 5 nitrogen and oxygen atoms in total. The minimum atomic E-state index is 0. The smallest absolute Gasteiger partial charge is 0.241 e. The molecule has 1 aliphatic rings. The summed E-state index contributed by atoms with van der Waals surface area (Å²) in [6, 6.07) is 8.28. The molecule has 0 atom stereocenters. The maximum Gasteiger partial charge on any atom is 0.241 e. The first-order valence-corrected chi connectivity index (χ1v) is 9.33. The van der Waals surface area contributed by atoms with E-state index >= 15 is 0 Å². The highest BCUT2D eigenvalue weighted by atomic mass is 127. The average Bonchev–Trinajstić information content (AvgIpc) is 2.62. The molecule has 6 heteroatoms. The van der Waals surface area contributed by atoms with Gasteiger partial charge in [0.05, 0.1) is 13.1 Å². The Hall–Kier alpha value is -1.31. The third kappa shape index (κ3) is 7.93. The Kier molecular flexibility index (Phi) is 10.6. The number of likely N-dealkylation sites (N-methyl/N-ethyl adjacent to an activating group) is 1. The van der Waals surface area contributed by atoms with Crippen LogP contribution in [0, 0.1) is 12.8 Å². The number of nitrogens with zero attached hydrogens (tertiary/aromatic N) is 2. The van der Waals surface area contributed by atoms with Crippen molar-refractivity contribution in [1.29, 1.82) is 0 Å². The van der Waals surface area contributed by atoms with Crippen LogP contribution in [0.25, 0.3) is 0 Å². The van der Waals surface area contributed by atoms with Gasteiger partial charge < -0.3 is 15.5 Å². The van der Waals surface area contributed by atoms with E-state index in [1.807, 2.05) is 12.1 Å². The quantitative estimate of drug-likeness (QED) is 0.380. The average molecular weight is 472 g/mol. The van der Waals surface area contributed by atoms with Gasteiger partial charge in [0.2, 0.25) is 5.91 Å². The Bertz CT molecular complexity index is 583. The minimum absolute atomic E-state index is 0. The van der Waals surface area contributed by atoms with Crippen molar-refractivity contribution in [2.45, 2.75) is 45.6 Å². The number of benzene rings is 1. The second-order valence-corrected chi connectivity index (χ2v) is 7.12. The first-order valence-electron chi connectivity index (χ1n) is 9.33. The Morgan fingerprint density at radius 3 is 2.50 bits per heavy atom. The van der Waals surface area contributed by atoms with E-state index in [9.17, 15) is 4.79 Å². The molecule has 0 radical (unpaired) electrons. The third-order valence-corrected chi connectivity index (χ3v) is 4.86. The van der Waals surface area contributed by atoms with Crippen molar-refractivity contribution >= 4 is 35.8 Å². The first kappa shape index (κ1) is 22.7. The fourth-order valence-electron chi connectivity index (χ4n) is 3.08. The van der Waals surface area contributed by atoms with Crippen LogP contribution in [-0.2, 0) is 11.3 Å². The zero-order valence-electron chi connectivity index (χ0n) is 16.3. The molecule has 2 rings (SSSR count). The van der Waals surface area contributed by atoms with Gasteiger partial charge in [-0.3, -0.25) is 4.79 Å². The maximum atomic E-state index is 11.9. The number of carbonyl (C=O) groups is 1. The summed E-state index contributed by atoms with van der Waals surface area (Å²) in [4.78, 5) is 18.1. The van der Waals surface area contributed by atoms with E-state index in [0.29, 0.717) is 12.5 Å². The van der Waals surface area contributed by atoms with Crippen LogP contribution < -0.4 is 10.6 Å². The summed E-state index contributed by atoms with van der Waals surface area (Å²) in [6.45, 7) is 3.90. The number of hydrogen-bond donors (Lipinski definition) is 2. The molecule has 0 spiro atoms. The van der Waals surface area contributed by atoms with Crippen LogP contribution in [0.4, 0.5) is 0 Å². The van der Waals surface area contributed by atoms with Gasteiger partial charge in [0.1, 0.15) is 0 Å². The van der Waals surface area contributed by atoms with Gasteiger partial charge in [-0.1, -0.05) is 43.5 Å². The molecule has 1 saturated carbocycles. The summed E-state index contributed by atoms with van der Waals surface area (Å²) in [5, 5.41) is 6.62. The molecular weight excluding hydrogens is 439 g/mol. The molecule has 1 fully saturated rings. The Morgan fingerprint density at radius 1 is 1.15 bits per heavy atom. The molecule has 26 heavy (non-hydrogen) atoms. The lowest BCUT2D eigenvalue weighted by molar-refractivity contribution is -0.127. The van der Waals surface area contributed by atoms with E-state index in [2.05, 4.69) is 29.7 Å². The summed E-state index contributed by atoms with van der Waals surface area (Å²) in [5.41, 5.74) is 2.45. The topological polar surface area (TPSA) is 56.7 Å². The molecule has 1 amide bonds. The van der Waals surface area contributed by atoms with Crippen molar-refractivity contribution in [3.05, 3.63) is 35.4 Å². The molecule has 0 bridgehead atoms. The highest BCUT2D eigenvalue weighted by Gasteiger charge is 2.14. The summed E-state index contributed by atoms with van der Waals surface area (Å²) in [7, 11) is 3.53. The van der Waals surface area contributed by atoms with Crippen LogP contribution in [0.3, 0.4) is 0 Å². The molecule has 0 aromatic heterocycles. The van der Waals surface area contributed by atoms with E-state index in [-0.39, 0.29) is 36.4 Å². The standard InChI is InChI=1S/C20H32N4O.HI/c1-16-9-7-8-12-18(16)14-22-20(23-15-19(25)24(2)3)21-13-17-10-5-4-6-11-17;/h7-9,12,17H,4-6,10-11,13-15H2,1-3H3,(H2,21,22,23);1H. The number of rotatable bonds is 6. The van der Waals surface area contributed by atoms with Crippen LogP contribution in [0.5, 0.6) is 0 Å². The highest BCUT2D eigenvalue weighted by molar-refractivity contribution is 14.0. The van der Waals surface area contributed by atoms with E-state index in [0.717, 1.165) is 12.5 Å². The van der Waals surface area contributed by atoms with Gasteiger partial charge in [-0.05, 0) is 36.8 Å². The molecule has 0 unspecified atom stereocenters. The Labute approximate surface area is 175 Å². The van der Waals surface area contributed by atoms with Crippen molar-refractivity contribution in [2.75, 3.05) is 27.2 Å². The van der Waals surface area contributed by atoms with Gasteiger partial charge in [0, 0.05) is 20.6 Å². The third-order valence-electron chi connectivity index (χ3n) is 4.86. The molecule has 1 aliphatic carbocycles. The lowest BCUT2D eigenvalue weighted by Gasteiger charge is -2.23. The summed E-state index contributed by atoms with van der Waals surface area (Å²) >= 11 is 0. The molecule has 2 N–H and O–H groups in total. The van der Waals surface area contributed by atoms with Gasteiger partial charge in [-0.25, -0.2) is 4.99 Å². The number of aliphatic imine (C=N–C) groups is 1. The van der Waals surface area contributed by atoms with Crippen molar-refractivity contribution in [3.8, 4) is 0 Å². The second-order valence-electron chi connectivity index (χ2n) is 7.12. The predicted molar refractivity (Wildman–Crippen MR) is 119 cm³/mol. The number of amides is 1. The van der Waals surface area contributed by atoms with E-state index in [1.165, 1.54) is 43.2 Å². The van der Waals surface area contributed by atoms with Crippen molar-refractivity contribution in [1.82, 2.24) is 15.5 Å². The zero-order valence-corrected chi connectivity index (χ0v) is 18.6. The van der Waals surface area contributed by atoms with Gasteiger partial charge in [-0.15, -0.1) is 24.0 Å². The van der Waals surface area contributed by atoms with Crippen LogP contribution in [-0.4, -0.2) is 44.0 Å². The summed E-state index contributed by atoms with van der Waals surface area (Å²) in [5.74, 6) is 1.48. The van der Waals surface area contributed by atoms with Crippen LogP contribution in [0.2, 0.25) is 0 Å². The number of guanidine groups is 1. The molecule has 0 aliphatic heterocycles. The van der Waals surface area contributed by atoms with Gasteiger partial charge in [0.15, 0.2) is 5.96 Å². The van der Waals surface area contributed by atoms with Crippen LogP contribution in [0.1, 0.15) is 43.2 Å². The predicted octanol–water partition coefficient (Wildman–Crippen LogP) is 3.32. The molecule has 146 valence electrons. The van der Waals surface area contributed by atoms with Crippen molar-refractivity contribution in [2.24, 2.45) is 10.9 Å². The second kappa shape index (κ2) is 12.1. The van der Waals surface area contributed by atoms with E-state index < -0.39 is 0 Å². The SMILES string of the molecule is Cc1ccccc1CN=C(NCC(=O)N(C)C)NCC1CCCCC1.I. The normalized spacial score (nSPS) is 15.1. The lowest BCUT2D eigenvalue weighted by atomic mass is 9.89. The molecule has 0 heterocycles. The van der Waals surface area contributed by atoms with Crippen LogP contribution >= 0.6 is 24.0 Å². The number of aryl methyl sites for hydroxylation is 1. The van der Waals surface area contributed by atoms with Gasteiger partial charge in [0.25, 0.3) is 0 Å². The summed E-state index contributed by atoms with van der Waals surface area (Å²) in [6.07, 6.45) is 6.59. The highest BCUT2D eigenvalue weighted by Crippen LogP contribution is 2.22. The molecule has 1 aromatic carbocycles. The molecule has 1 aromatic rings. The minimum Gasteiger partial charge on any atom is -0.356 e. The lowest BCUT2D eigenvalue weighted by Crippen LogP contribution is -2.44.